The molecule has 1 fully saturated rings. The molecular formula is C11H18N4OS. The van der Waals surface area contributed by atoms with Crippen molar-refractivity contribution in [1.82, 2.24) is 10.3 Å². The largest absolute Gasteiger partial charge is 0.382 e. The lowest BCUT2D eigenvalue weighted by molar-refractivity contribution is 0.0953. The van der Waals surface area contributed by atoms with Crippen LogP contribution in [-0.2, 0) is 0 Å². The van der Waals surface area contributed by atoms with Gasteiger partial charge in [-0.1, -0.05) is 25.2 Å². The smallest absolute Gasteiger partial charge is 0.265 e. The molecule has 0 bridgehead atoms. The molecule has 0 saturated heterocycles. The lowest BCUT2D eigenvalue weighted by atomic mass is 10.2. The molecule has 94 valence electrons. The number of amides is 1. The van der Waals surface area contributed by atoms with Crippen LogP contribution in [0.15, 0.2) is 0 Å². The fourth-order valence-corrected chi connectivity index (χ4v) is 2.21. The number of nitrogens with one attached hydrogen (secondary N) is 2. The average molecular weight is 254 g/mol. The van der Waals surface area contributed by atoms with Crippen LogP contribution in [0.25, 0.3) is 0 Å². The van der Waals surface area contributed by atoms with Gasteiger partial charge in [0.15, 0.2) is 5.13 Å². The first kappa shape index (κ1) is 12.2. The Hall–Kier alpha value is -1.30. The van der Waals surface area contributed by atoms with E-state index in [1.165, 1.54) is 24.2 Å². The van der Waals surface area contributed by atoms with E-state index in [0.29, 0.717) is 29.2 Å². The summed E-state index contributed by atoms with van der Waals surface area (Å²) in [5.74, 6) is 0.620. The number of carbonyl (C=O) groups is 1. The maximum Gasteiger partial charge on any atom is 0.265 e. The lowest BCUT2D eigenvalue weighted by Crippen LogP contribution is -2.27. The number of thiazole rings is 1. The van der Waals surface area contributed by atoms with Gasteiger partial charge < -0.3 is 16.4 Å². The molecule has 0 radical (unpaired) electrons. The van der Waals surface area contributed by atoms with Crippen molar-refractivity contribution in [3.8, 4) is 0 Å². The third-order valence-electron chi connectivity index (χ3n) is 2.44. The Balaban J connectivity index is 1.98. The first-order chi connectivity index (χ1) is 8.06. The van der Waals surface area contributed by atoms with Crippen LogP contribution in [0.3, 0.4) is 0 Å². The molecule has 5 nitrogen and oxygen atoms in total. The highest BCUT2D eigenvalue weighted by Gasteiger charge is 2.24. The summed E-state index contributed by atoms with van der Waals surface area (Å²) in [7, 11) is 0. The zero-order chi connectivity index (χ0) is 12.4. The van der Waals surface area contributed by atoms with Crippen LogP contribution in [-0.4, -0.2) is 23.5 Å². The fraction of sp³-hybridized carbons (Fsp3) is 0.636. The van der Waals surface area contributed by atoms with Gasteiger partial charge in [-0.2, -0.15) is 0 Å². The summed E-state index contributed by atoms with van der Waals surface area (Å²) in [6.07, 6.45) is 2.35. The molecule has 1 aromatic heterocycles. The van der Waals surface area contributed by atoms with Gasteiger partial charge in [0.2, 0.25) is 0 Å². The SMILES string of the molecule is CC(C)CNC(=O)c1sc(NC2CC2)nc1N. The van der Waals surface area contributed by atoms with Crippen molar-refractivity contribution < 1.29 is 4.79 Å². The van der Waals surface area contributed by atoms with Gasteiger partial charge in [0.1, 0.15) is 10.7 Å². The molecule has 0 aromatic carbocycles. The molecule has 0 aliphatic heterocycles. The van der Waals surface area contributed by atoms with Crippen molar-refractivity contribution in [2.24, 2.45) is 5.92 Å². The second-order valence-electron chi connectivity index (χ2n) is 4.76. The second kappa shape index (κ2) is 4.91. The van der Waals surface area contributed by atoms with E-state index in [4.69, 9.17) is 5.73 Å². The van der Waals surface area contributed by atoms with Crippen molar-refractivity contribution in [1.29, 1.82) is 0 Å². The van der Waals surface area contributed by atoms with Crippen LogP contribution in [0.5, 0.6) is 0 Å². The molecule has 2 rings (SSSR count). The average Bonchev–Trinajstić information content (AvgIpc) is 2.98. The number of aromatic nitrogens is 1. The van der Waals surface area contributed by atoms with Crippen molar-refractivity contribution in [3.05, 3.63) is 4.88 Å². The third kappa shape index (κ3) is 3.33. The van der Waals surface area contributed by atoms with E-state index in [1.807, 2.05) is 0 Å². The molecule has 1 aromatic rings. The Morgan fingerprint density at radius 1 is 1.59 bits per heavy atom. The number of anilines is 2. The summed E-state index contributed by atoms with van der Waals surface area (Å²) in [6.45, 7) is 4.76. The van der Waals surface area contributed by atoms with Gasteiger partial charge in [0, 0.05) is 12.6 Å². The van der Waals surface area contributed by atoms with Crippen LogP contribution in [0, 0.1) is 5.92 Å². The highest BCUT2D eigenvalue weighted by Crippen LogP contribution is 2.30. The van der Waals surface area contributed by atoms with Crippen LogP contribution in [0.2, 0.25) is 0 Å². The Kier molecular flexibility index (Phi) is 3.51. The lowest BCUT2D eigenvalue weighted by Gasteiger charge is -2.05. The number of nitrogens with two attached hydrogens (primary N) is 1. The fourth-order valence-electron chi connectivity index (χ4n) is 1.34. The highest BCUT2D eigenvalue weighted by atomic mass is 32.1. The van der Waals surface area contributed by atoms with Gasteiger partial charge in [0.25, 0.3) is 5.91 Å². The Labute approximate surface area is 105 Å². The van der Waals surface area contributed by atoms with Gasteiger partial charge in [-0.3, -0.25) is 4.79 Å². The molecule has 17 heavy (non-hydrogen) atoms. The number of nitrogen functional groups attached to an aromatic ring is 1. The molecule has 0 unspecified atom stereocenters. The summed E-state index contributed by atoms with van der Waals surface area (Å²) in [5.41, 5.74) is 5.74. The van der Waals surface area contributed by atoms with Crippen LogP contribution < -0.4 is 16.4 Å². The first-order valence-electron chi connectivity index (χ1n) is 5.87. The molecule has 1 aliphatic rings. The number of nitrogens with zero attached hydrogens (tertiary/aromatic N) is 1. The van der Waals surface area contributed by atoms with Crippen molar-refractivity contribution in [2.75, 3.05) is 17.6 Å². The summed E-state index contributed by atoms with van der Waals surface area (Å²) >= 11 is 1.33. The first-order valence-corrected chi connectivity index (χ1v) is 6.69. The zero-order valence-corrected chi connectivity index (χ0v) is 10.9. The van der Waals surface area contributed by atoms with E-state index in [0.717, 1.165) is 5.13 Å². The van der Waals surface area contributed by atoms with Gasteiger partial charge in [-0.25, -0.2) is 4.98 Å². The predicted molar refractivity (Wildman–Crippen MR) is 70.3 cm³/mol. The monoisotopic (exact) mass is 254 g/mol. The summed E-state index contributed by atoms with van der Waals surface area (Å²) in [6, 6.07) is 0.520. The standard InChI is InChI=1S/C11H18N4OS/c1-6(2)5-13-10(16)8-9(12)15-11(17-8)14-7-3-4-7/h6-7H,3-5,12H2,1-2H3,(H,13,16)(H,14,15). The minimum Gasteiger partial charge on any atom is -0.382 e. The molecular weight excluding hydrogens is 236 g/mol. The Morgan fingerprint density at radius 3 is 2.88 bits per heavy atom. The quantitative estimate of drug-likeness (QED) is 0.747. The predicted octanol–water partition coefficient (Wildman–Crippen LogP) is 1.69. The second-order valence-corrected chi connectivity index (χ2v) is 5.75. The van der Waals surface area contributed by atoms with E-state index in [1.54, 1.807) is 0 Å². The van der Waals surface area contributed by atoms with Crippen LogP contribution in [0.4, 0.5) is 10.9 Å². The number of carbonyl (C=O) groups excluding carboxylic acids is 1. The number of hydrogen-bond donors (Lipinski definition) is 3. The third-order valence-corrected chi connectivity index (χ3v) is 3.44. The highest BCUT2D eigenvalue weighted by molar-refractivity contribution is 7.18. The maximum atomic E-state index is 11.8. The van der Waals surface area contributed by atoms with Crippen LogP contribution in [0.1, 0.15) is 36.4 Å². The molecule has 1 amide bonds. The minimum atomic E-state index is -0.127. The van der Waals surface area contributed by atoms with Gasteiger partial charge in [0.05, 0.1) is 0 Å². The minimum absolute atomic E-state index is 0.127. The van der Waals surface area contributed by atoms with E-state index in [2.05, 4.69) is 29.5 Å². The van der Waals surface area contributed by atoms with Gasteiger partial charge in [-0.15, -0.1) is 0 Å². The topological polar surface area (TPSA) is 80.0 Å². The van der Waals surface area contributed by atoms with E-state index < -0.39 is 0 Å². The van der Waals surface area contributed by atoms with Gasteiger partial charge >= 0.3 is 0 Å². The van der Waals surface area contributed by atoms with E-state index in [9.17, 15) is 4.79 Å². The normalized spacial score (nSPS) is 15.0. The number of hydrogen-bond acceptors (Lipinski definition) is 5. The summed E-state index contributed by atoms with van der Waals surface area (Å²) in [5, 5.41) is 6.84. The van der Waals surface area contributed by atoms with Crippen molar-refractivity contribution in [2.45, 2.75) is 32.7 Å². The molecule has 1 saturated carbocycles. The number of rotatable bonds is 5. The van der Waals surface area contributed by atoms with Crippen molar-refractivity contribution in [3.63, 3.8) is 0 Å². The molecule has 6 heteroatoms. The van der Waals surface area contributed by atoms with E-state index >= 15 is 0 Å². The molecule has 1 heterocycles. The summed E-state index contributed by atoms with van der Waals surface area (Å²) < 4.78 is 0. The molecule has 4 N–H and O–H groups in total. The summed E-state index contributed by atoms with van der Waals surface area (Å²) in [4.78, 5) is 16.5. The molecule has 0 spiro atoms. The zero-order valence-electron chi connectivity index (χ0n) is 10.1. The maximum absolute atomic E-state index is 11.8. The van der Waals surface area contributed by atoms with E-state index in [-0.39, 0.29) is 5.91 Å². The Morgan fingerprint density at radius 2 is 2.29 bits per heavy atom. The Bertz CT molecular complexity index is 412. The van der Waals surface area contributed by atoms with Crippen LogP contribution >= 0.6 is 11.3 Å². The molecule has 1 aliphatic carbocycles. The van der Waals surface area contributed by atoms with Gasteiger partial charge in [-0.05, 0) is 18.8 Å². The van der Waals surface area contributed by atoms with Crippen molar-refractivity contribution >= 4 is 28.2 Å². The molecule has 0 atom stereocenters.